The van der Waals surface area contributed by atoms with Gasteiger partial charge in [-0.2, -0.15) is 11.8 Å². The average molecular weight is 204 g/mol. The summed E-state index contributed by atoms with van der Waals surface area (Å²) in [5.74, 6) is 0.771. The number of rotatable bonds is 6. The van der Waals surface area contributed by atoms with Crippen molar-refractivity contribution < 1.29 is 14.3 Å². The average Bonchev–Trinajstić information content (AvgIpc) is 2.02. The van der Waals surface area contributed by atoms with Gasteiger partial charge in [-0.25, -0.2) is 0 Å². The van der Waals surface area contributed by atoms with E-state index in [1.807, 2.05) is 6.92 Å². The summed E-state index contributed by atoms with van der Waals surface area (Å²) in [6.45, 7) is 5.29. The standard InChI is InChI=1S/C9H16O3S/c1-4-13-9(7(2)10)5-6-12-8(3)11/h9H,4-6H2,1-3H3. The summed E-state index contributed by atoms with van der Waals surface area (Å²) in [5.41, 5.74) is 0. The molecule has 4 heteroatoms. The summed E-state index contributed by atoms with van der Waals surface area (Å²) in [4.78, 5) is 21.5. The highest BCUT2D eigenvalue weighted by Crippen LogP contribution is 2.15. The van der Waals surface area contributed by atoms with Crippen LogP contribution in [0.25, 0.3) is 0 Å². The van der Waals surface area contributed by atoms with Crippen molar-refractivity contribution in [2.45, 2.75) is 32.4 Å². The van der Waals surface area contributed by atoms with Gasteiger partial charge in [0.1, 0.15) is 5.78 Å². The Balaban J connectivity index is 3.69. The molecule has 0 aliphatic heterocycles. The van der Waals surface area contributed by atoms with Crippen LogP contribution in [0, 0.1) is 0 Å². The van der Waals surface area contributed by atoms with Crippen molar-refractivity contribution in [3.8, 4) is 0 Å². The second-order valence-corrected chi connectivity index (χ2v) is 4.16. The molecule has 76 valence electrons. The van der Waals surface area contributed by atoms with Gasteiger partial charge in [-0.05, 0) is 12.7 Å². The molecule has 0 saturated carbocycles. The Morgan fingerprint density at radius 3 is 2.38 bits per heavy atom. The normalized spacial score (nSPS) is 12.2. The number of esters is 1. The largest absolute Gasteiger partial charge is 0.466 e. The van der Waals surface area contributed by atoms with Crippen LogP contribution in [0.5, 0.6) is 0 Å². The number of hydrogen-bond donors (Lipinski definition) is 0. The van der Waals surface area contributed by atoms with Gasteiger partial charge in [0.15, 0.2) is 0 Å². The van der Waals surface area contributed by atoms with Crippen molar-refractivity contribution in [1.82, 2.24) is 0 Å². The van der Waals surface area contributed by atoms with Gasteiger partial charge in [-0.15, -0.1) is 0 Å². The van der Waals surface area contributed by atoms with Gasteiger partial charge in [0.2, 0.25) is 0 Å². The van der Waals surface area contributed by atoms with Gasteiger partial charge >= 0.3 is 5.97 Å². The van der Waals surface area contributed by atoms with Crippen LogP contribution in [0.2, 0.25) is 0 Å². The fraction of sp³-hybridized carbons (Fsp3) is 0.778. The highest BCUT2D eigenvalue weighted by atomic mass is 32.2. The molecule has 0 aliphatic rings. The third-order valence-electron chi connectivity index (χ3n) is 1.51. The van der Waals surface area contributed by atoms with Crippen molar-refractivity contribution in [1.29, 1.82) is 0 Å². The maximum Gasteiger partial charge on any atom is 0.302 e. The predicted octanol–water partition coefficient (Wildman–Crippen LogP) is 1.65. The lowest BCUT2D eigenvalue weighted by Gasteiger charge is -2.11. The summed E-state index contributed by atoms with van der Waals surface area (Å²) in [6.07, 6.45) is 0.618. The number of Topliss-reactive ketones (excluding diaryl/α,β-unsaturated/α-hetero) is 1. The molecule has 0 amide bonds. The topological polar surface area (TPSA) is 43.4 Å². The Morgan fingerprint density at radius 2 is 2.00 bits per heavy atom. The number of carbonyl (C=O) groups excluding carboxylic acids is 2. The van der Waals surface area contributed by atoms with Gasteiger partial charge < -0.3 is 4.74 Å². The number of thioether (sulfide) groups is 1. The van der Waals surface area contributed by atoms with Crippen LogP contribution in [-0.2, 0) is 14.3 Å². The molecule has 0 spiro atoms. The molecule has 0 aromatic carbocycles. The number of carbonyl (C=O) groups is 2. The lowest BCUT2D eigenvalue weighted by molar-refractivity contribution is -0.141. The Morgan fingerprint density at radius 1 is 1.38 bits per heavy atom. The zero-order valence-corrected chi connectivity index (χ0v) is 9.15. The minimum atomic E-state index is -0.288. The lowest BCUT2D eigenvalue weighted by atomic mass is 10.2. The third kappa shape index (κ3) is 6.63. The van der Waals surface area contributed by atoms with Crippen molar-refractivity contribution in [2.24, 2.45) is 0 Å². The molecule has 0 aromatic heterocycles. The fourth-order valence-corrected chi connectivity index (χ4v) is 1.81. The maximum atomic E-state index is 11.0. The van der Waals surface area contributed by atoms with E-state index in [1.165, 1.54) is 6.92 Å². The molecule has 3 nitrogen and oxygen atoms in total. The minimum Gasteiger partial charge on any atom is -0.466 e. The Labute approximate surface area is 83.2 Å². The molecule has 0 heterocycles. The molecule has 0 N–H and O–H groups in total. The minimum absolute atomic E-state index is 0.0238. The van der Waals surface area contributed by atoms with E-state index in [4.69, 9.17) is 4.74 Å². The molecule has 0 bridgehead atoms. The summed E-state index contributed by atoms with van der Waals surface area (Å²) in [7, 11) is 0. The number of ketones is 1. The Hall–Kier alpha value is -0.510. The first-order valence-corrected chi connectivity index (χ1v) is 5.38. The molecule has 0 rings (SSSR count). The first-order valence-electron chi connectivity index (χ1n) is 4.33. The van der Waals surface area contributed by atoms with E-state index in [1.54, 1.807) is 18.7 Å². The van der Waals surface area contributed by atoms with Crippen LogP contribution in [-0.4, -0.2) is 29.4 Å². The quantitative estimate of drug-likeness (QED) is 0.617. The first kappa shape index (κ1) is 12.5. The van der Waals surface area contributed by atoms with Crippen LogP contribution in [0.1, 0.15) is 27.2 Å². The summed E-state index contributed by atoms with van der Waals surface area (Å²) in [5, 5.41) is -0.0238. The molecule has 0 saturated heterocycles. The van der Waals surface area contributed by atoms with E-state index < -0.39 is 0 Å². The van der Waals surface area contributed by atoms with E-state index in [9.17, 15) is 9.59 Å². The highest BCUT2D eigenvalue weighted by molar-refractivity contribution is 8.00. The molecule has 1 atom stereocenters. The SMILES string of the molecule is CCSC(CCOC(C)=O)C(C)=O. The molecule has 13 heavy (non-hydrogen) atoms. The van der Waals surface area contributed by atoms with Gasteiger partial charge in [-0.1, -0.05) is 6.92 Å². The molecule has 0 aromatic rings. The smallest absolute Gasteiger partial charge is 0.302 e. The zero-order valence-electron chi connectivity index (χ0n) is 8.33. The van der Waals surface area contributed by atoms with Crippen molar-refractivity contribution >= 4 is 23.5 Å². The van der Waals surface area contributed by atoms with Crippen LogP contribution in [0.3, 0.4) is 0 Å². The zero-order chi connectivity index (χ0) is 10.3. The van der Waals surface area contributed by atoms with Crippen molar-refractivity contribution in [2.75, 3.05) is 12.4 Å². The van der Waals surface area contributed by atoms with Gasteiger partial charge in [-0.3, -0.25) is 9.59 Å². The van der Waals surface area contributed by atoms with E-state index in [0.29, 0.717) is 13.0 Å². The van der Waals surface area contributed by atoms with Crippen LogP contribution < -0.4 is 0 Å². The number of hydrogen-bond acceptors (Lipinski definition) is 4. The molecule has 0 radical (unpaired) electrons. The lowest BCUT2D eigenvalue weighted by Crippen LogP contribution is -2.17. The van der Waals surface area contributed by atoms with E-state index in [-0.39, 0.29) is 17.0 Å². The number of ether oxygens (including phenoxy) is 1. The van der Waals surface area contributed by atoms with Crippen molar-refractivity contribution in [3.05, 3.63) is 0 Å². The van der Waals surface area contributed by atoms with Gasteiger partial charge in [0.25, 0.3) is 0 Å². The third-order valence-corrected chi connectivity index (χ3v) is 2.81. The maximum absolute atomic E-state index is 11.0. The van der Waals surface area contributed by atoms with Crippen LogP contribution in [0.4, 0.5) is 0 Å². The van der Waals surface area contributed by atoms with E-state index in [2.05, 4.69) is 0 Å². The molecular formula is C9H16O3S. The van der Waals surface area contributed by atoms with Crippen molar-refractivity contribution in [3.63, 3.8) is 0 Å². The Bertz CT molecular complexity index is 180. The fourth-order valence-electron chi connectivity index (χ4n) is 0.915. The first-order chi connectivity index (χ1) is 6.07. The van der Waals surface area contributed by atoms with Crippen LogP contribution >= 0.6 is 11.8 Å². The molecule has 0 fully saturated rings. The van der Waals surface area contributed by atoms with Gasteiger partial charge in [0.05, 0.1) is 11.9 Å². The second kappa shape index (κ2) is 6.95. The van der Waals surface area contributed by atoms with Gasteiger partial charge in [0, 0.05) is 13.3 Å². The monoisotopic (exact) mass is 204 g/mol. The highest BCUT2D eigenvalue weighted by Gasteiger charge is 2.13. The molecule has 1 unspecified atom stereocenters. The van der Waals surface area contributed by atoms with E-state index in [0.717, 1.165) is 5.75 Å². The Kier molecular flexibility index (Phi) is 6.68. The summed E-state index contributed by atoms with van der Waals surface area (Å²) >= 11 is 1.60. The van der Waals surface area contributed by atoms with E-state index >= 15 is 0 Å². The predicted molar refractivity (Wildman–Crippen MR) is 53.9 cm³/mol. The molecule has 0 aliphatic carbocycles. The summed E-state index contributed by atoms with van der Waals surface area (Å²) in [6, 6.07) is 0. The second-order valence-electron chi connectivity index (χ2n) is 2.68. The van der Waals surface area contributed by atoms with Crippen LogP contribution in [0.15, 0.2) is 0 Å². The summed E-state index contributed by atoms with van der Waals surface area (Å²) < 4.78 is 4.76. The molecular weight excluding hydrogens is 188 g/mol.